The number of hydrogen-bond acceptors (Lipinski definition) is 2. The van der Waals surface area contributed by atoms with E-state index in [9.17, 15) is 9.59 Å². The number of amides is 2. The summed E-state index contributed by atoms with van der Waals surface area (Å²) in [5.41, 5.74) is 3.29. The molecule has 0 spiro atoms. The minimum atomic E-state index is -0.000412. The number of carbonyl (C=O) groups is 2. The van der Waals surface area contributed by atoms with Gasteiger partial charge in [0.1, 0.15) is 0 Å². The maximum absolute atomic E-state index is 12.6. The molecule has 1 fully saturated rings. The molecule has 0 saturated carbocycles. The van der Waals surface area contributed by atoms with Gasteiger partial charge in [0, 0.05) is 31.6 Å². The number of piperidine rings is 1. The molecule has 2 aromatic carbocycles. The summed E-state index contributed by atoms with van der Waals surface area (Å²) in [4.78, 5) is 26.3. The van der Waals surface area contributed by atoms with Crippen molar-refractivity contribution in [3.05, 3.63) is 66.2 Å². The smallest absolute Gasteiger partial charge is 0.246 e. The molecule has 0 aromatic heterocycles. The second-order valence-electron chi connectivity index (χ2n) is 7.27. The number of carbonyl (C=O) groups excluding carboxylic acids is 2. The fourth-order valence-electron chi connectivity index (χ4n) is 3.55. The summed E-state index contributed by atoms with van der Waals surface area (Å²) < 4.78 is 0. The van der Waals surface area contributed by atoms with Crippen LogP contribution in [-0.2, 0) is 9.59 Å². The van der Waals surface area contributed by atoms with Crippen molar-refractivity contribution in [2.45, 2.75) is 38.6 Å². The first-order chi connectivity index (χ1) is 13.7. The average Bonchev–Trinajstić information content (AvgIpc) is 2.73. The topological polar surface area (TPSA) is 49.4 Å². The van der Waals surface area contributed by atoms with Crippen LogP contribution in [0.1, 0.15) is 38.2 Å². The third-order valence-electron chi connectivity index (χ3n) is 4.99. The normalized spacial score (nSPS) is 16.9. The quantitative estimate of drug-likeness (QED) is 0.765. The van der Waals surface area contributed by atoms with Gasteiger partial charge in [0.15, 0.2) is 0 Å². The Bertz CT molecular complexity index is 830. The van der Waals surface area contributed by atoms with E-state index in [-0.39, 0.29) is 17.9 Å². The first kappa shape index (κ1) is 19.9. The highest BCUT2D eigenvalue weighted by Crippen LogP contribution is 2.20. The highest BCUT2D eigenvalue weighted by molar-refractivity contribution is 5.92. The highest BCUT2D eigenvalue weighted by Gasteiger charge is 2.23. The Morgan fingerprint density at radius 3 is 2.68 bits per heavy atom. The van der Waals surface area contributed by atoms with Gasteiger partial charge in [-0.15, -0.1) is 0 Å². The summed E-state index contributed by atoms with van der Waals surface area (Å²) in [6.45, 7) is 3.32. The summed E-state index contributed by atoms with van der Waals surface area (Å²) in [5.74, 6) is 0.0784. The highest BCUT2D eigenvalue weighted by atomic mass is 16.2. The Morgan fingerprint density at radius 2 is 1.89 bits per heavy atom. The summed E-state index contributed by atoms with van der Waals surface area (Å²) in [6, 6.07) is 18.4. The molecule has 0 bridgehead atoms. The van der Waals surface area contributed by atoms with Crippen LogP contribution in [0.25, 0.3) is 17.2 Å². The fraction of sp³-hybridized carbons (Fsp3) is 0.333. The number of rotatable bonds is 6. The lowest BCUT2D eigenvalue weighted by Crippen LogP contribution is -2.49. The molecule has 1 aliphatic rings. The van der Waals surface area contributed by atoms with Crippen LogP contribution in [0, 0.1) is 0 Å². The monoisotopic (exact) mass is 376 g/mol. The van der Waals surface area contributed by atoms with Crippen LogP contribution >= 0.6 is 0 Å². The van der Waals surface area contributed by atoms with Gasteiger partial charge >= 0.3 is 0 Å². The Hall–Kier alpha value is -2.88. The molecule has 1 unspecified atom stereocenters. The molecular formula is C24H28N2O2. The van der Waals surface area contributed by atoms with Gasteiger partial charge in [0.25, 0.3) is 0 Å². The minimum absolute atomic E-state index is 0.000412. The van der Waals surface area contributed by atoms with Gasteiger partial charge < -0.3 is 10.2 Å². The van der Waals surface area contributed by atoms with Crippen molar-refractivity contribution in [3.63, 3.8) is 0 Å². The molecule has 2 amide bonds. The van der Waals surface area contributed by atoms with Crippen LogP contribution in [0.15, 0.2) is 60.7 Å². The van der Waals surface area contributed by atoms with Gasteiger partial charge in [-0.1, -0.05) is 55.5 Å². The zero-order chi connectivity index (χ0) is 19.8. The molecular weight excluding hydrogens is 348 g/mol. The van der Waals surface area contributed by atoms with E-state index in [1.165, 1.54) is 0 Å². The predicted molar refractivity (Wildman–Crippen MR) is 114 cm³/mol. The lowest BCUT2D eigenvalue weighted by molar-refractivity contribution is -0.129. The van der Waals surface area contributed by atoms with E-state index in [0.29, 0.717) is 13.0 Å². The van der Waals surface area contributed by atoms with Crippen molar-refractivity contribution in [1.29, 1.82) is 0 Å². The van der Waals surface area contributed by atoms with E-state index >= 15 is 0 Å². The molecule has 2 aromatic rings. The van der Waals surface area contributed by atoms with Crippen LogP contribution in [-0.4, -0.2) is 35.8 Å². The SMILES string of the molecule is CCCC(=O)NC1CCCN(C(=O)/C=C/c2cccc(-c3ccccc3)c2)C1. The van der Waals surface area contributed by atoms with Gasteiger partial charge in [-0.05, 0) is 48.1 Å². The molecule has 4 heteroatoms. The largest absolute Gasteiger partial charge is 0.352 e. The van der Waals surface area contributed by atoms with Crippen LogP contribution in [0.4, 0.5) is 0 Å². The second-order valence-corrected chi connectivity index (χ2v) is 7.27. The van der Waals surface area contributed by atoms with Crippen LogP contribution in [0.3, 0.4) is 0 Å². The summed E-state index contributed by atoms with van der Waals surface area (Å²) in [7, 11) is 0. The predicted octanol–water partition coefficient (Wildman–Crippen LogP) is 4.27. The molecule has 4 nitrogen and oxygen atoms in total. The van der Waals surface area contributed by atoms with E-state index in [1.807, 2.05) is 48.2 Å². The summed E-state index contributed by atoms with van der Waals surface area (Å²) in [6.07, 6.45) is 6.74. The first-order valence-electron chi connectivity index (χ1n) is 10.1. The zero-order valence-electron chi connectivity index (χ0n) is 16.4. The summed E-state index contributed by atoms with van der Waals surface area (Å²) >= 11 is 0. The summed E-state index contributed by atoms with van der Waals surface area (Å²) in [5, 5.41) is 3.05. The molecule has 1 heterocycles. The maximum Gasteiger partial charge on any atom is 0.246 e. The van der Waals surface area contributed by atoms with Crippen molar-refractivity contribution in [1.82, 2.24) is 10.2 Å². The van der Waals surface area contributed by atoms with Crippen molar-refractivity contribution in [2.75, 3.05) is 13.1 Å². The maximum atomic E-state index is 12.6. The fourth-order valence-corrected chi connectivity index (χ4v) is 3.55. The van der Waals surface area contributed by atoms with Gasteiger partial charge in [-0.25, -0.2) is 0 Å². The molecule has 146 valence electrons. The number of hydrogen-bond donors (Lipinski definition) is 1. The van der Waals surface area contributed by atoms with Crippen molar-refractivity contribution in [3.8, 4) is 11.1 Å². The van der Waals surface area contributed by atoms with E-state index in [4.69, 9.17) is 0 Å². The minimum Gasteiger partial charge on any atom is -0.352 e. The number of likely N-dealkylation sites (tertiary alicyclic amines) is 1. The molecule has 1 saturated heterocycles. The van der Waals surface area contributed by atoms with Crippen LogP contribution in [0.2, 0.25) is 0 Å². The lowest BCUT2D eigenvalue weighted by Gasteiger charge is -2.32. The van der Waals surface area contributed by atoms with Gasteiger partial charge in [0.2, 0.25) is 11.8 Å². The van der Waals surface area contributed by atoms with Crippen molar-refractivity contribution < 1.29 is 9.59 Å². The van der Waals surface area contributed by atoms with E-state index in [1.54, 1.807) is 6.08 Å². The average molecular weight is 377 g/mol. The lowest BCUT2D eigenvalue weighted by atomic mass is 10.0. The number of nitrogens with one attached hydrogen (secondary N) is 1. The Balaban J connectivity index is 1.61. The van der Waals surface area contributed by atoms with Crippen molar-refractivity contribution in [2.24, 2.45) is 0 Å². The number of benzene rings is 2. The van der Waals surface area contributed by atoms with Crippen LogP contribution in [0.5, 0.6) is 0 Å². The molecule has 1 atom stereocenters. The van der Waals surface area contributed by atoms with E-state index in [2.05, 4.69) is 29.6 Å². The second kappa shape index (κ2) is 9.88. The van der Waals surface area contributed by atoms with E-state index < -0.39 is 0 Å². The van der Waals surface area contributed by atoms with Gasteiger partial charge in [0.05, 0.1) is 0 Å². The van der Waals surface area contributed by atoms with E-state index in [0.717, 1.165) is 42.5 Å². The Kier molecular flexibility index (Phi) is 7.01. The third kappa shape index (κ3) is 5.56. The molecule has 3 rings (SSSR count). The molecule has 1 aliphatic heterocycles. The molecule has 0 radical (unpaired) electrons. The molecule has 1 N–H and O–H groups in total. The van der Waals surface area contributed by atoms with Crippen LogP contribution < -0.4 is 5.32 Å². The Morgan fingerprint density at radius 1 is 1.11 bits per heavy atom. The van der Waals surface area contributed by atoms with Gasteiger partial charge in [-0.3, -0.25) is 9.59 Å². The first-order valence-corrected chi connectivity index (χ1v) is 10.1. The molecule has 28 heavy (non-hydrogen) atoms. The third-order valence-corrected chi connectivity index (χ3v) is 4.99. The standard InChI is InChI=1S/C24H28N2O2/c1-2-8-23(27)25-22-13-7-16-26(18-22)24(28)15-14-19-9-6-12-21(17-19)20-10-4-3-5-11-20/h3-6,9-12,14-15,17,22H,2,7-8,13,16,18H2,1H3,(H,25,27)/b15-14+. The molecule has 0 aliphatic carbocycles. The number of nitrogens with zero attached hydrogens (tertiary/aromatic N) is 1. The van der Waals surface area contributed by atoms with Crippen molar-refractivity contribution >= 4 is 17.9 Å². The van der Waals surface area contributed by atoms with Gasteiger partial charge in [-0.2, -0.15) is 0 Å². The Labute approximate surface area is 167 Å². The zero-order valence-corrected chi connectivity index (χ0v) is 16.4.